The summed E-state index contributed by atoms with van der Waals surface area (Å²) in [5.74, 6) is 2.25. The average Bonchev–Trinajstić information content (AvgIpc) is 3.32. The predicted molar refractivity (Wildman–Crippen MR) is 124 cm³/mol. The van der Waals surface area contributed by atoms with Crippen molar-refractivity contribution < 1.29 is 19.1 Å². The quantitative estimate of drug-likeness (QED) is 0.708. The molecule has 33 heavy (non-hydrogen) atoms. The zero-order valence-corrected chi connectivity index (χ0v) is 19.4. The van der Waals surface area contributed by atoms with Crippen molar-refractivity contribution in [1.82, 2.24) is 14.8 Å². The van der Waals surface area contributed by atoms with Crippen LogP contribution in [0.1, 0.15) is 70.6 Å². The van der Waals surface area contributed by atoms with Gasteiger partial charge in [0.15, 0.2) is 11.5 Å². The number of amides is 2. The first-order chi connectivity index (χ1) is 16.0. The summed E-state index contributed by atoms with van der Waals surface area (Å²) >= 11 is 0. The largest absolute Gasteiger partial charge is 0.454 e. The zero-order valence-electron chi connectivity index (χ0n) is 19.4. The number of pyridine rings is 1. The Morgan fingerprint density at radius 1 is 0.879 bits per heavy atom. The van der Waals surface area contributed by atoms with Gasteiger partial charge in [-0.05, 0) is 68.9 Å². The van der Waals surface area contributed by atoms with Gasteiger partial charge in [-0.25, -0.2) is 0 Å². The summed E-state index contributed by atoms with van der Waals surface area (Å²) in [6.45, 7) is 7.33. The highest BCUT2D eigenvalue weighted by Gasteiger charge is 2.31. The minimum atomic E-state index is 0.00249. The van der Waals surface area contributed by atoms with Gasteiger partial charge >= 0.3 is 0 Å². The van der Waals surface area contributed by atoms with Gasteiger partial charge in [0.1, 0.15) is 0 Å². The van der Waals surface area contributed by atoms with Crippen molar-refractivity contribution in [2.75, 3.05) is 33.0 Å². The van der Waals surface area contributed by atoms with E-state index in [2.05, 4.69) is 6.92 Å². The molecule has 7 heteroatoms. The Bertz CT molecular complexity index is 1050. The van der Waals surface area contributed by atoms with E-state index in [-0.39, 0.29) is 24.5 Å². The van der Waals surface area contributed by atoms with Crippen LogP contribution in [0.15, 0.2) is 30.3 Å². The Labute approximate surface area is 194 Å². The fourth-order valence-corrected chi connectivity index (χ4v) is 5.02. The van der Waals surface area contributed by atoms with Crippen LogP contribution in [0.25, 0.3) is 0 Å². The maximum absolute atomic E-state index is 13.3. The number of piperidine rings is 2. The maximum Gasteiger partial charge on any atom is 0.255 e. The summed E-state index contributed by atoms with van der Waals surface area (Å²) in [5, 5.41) is 0. The van der Waals surface area contributed by atoms with E-state index in [4.69, 9.17) is 14.5 Å². The third-order valence-electron chi connectivity index (χ3n) is 7.15. The number of aromatic nitrogens is 1. The lowest BCUT2D eigenvalue weighted by Crippen LogP contribution is -2.40. The second kappa shape index (κ2) is 9.04. The lowest BCUT2D eigenvalue weighted by molar-refractivity contribution is 0.0681. The van der Waals surface area contributed by atoms with E-state index in [1.807, 2.05) is 28.9 Å². The minimum Gasteiger partial charge on any atom is -0.454 e. The highest BCUT2D eigenvalue weighted by molar-refractivity contribution is 5.96. The number of likely N-dealkylation sites (tertiary alicyclic amines) is 2. The van der Waals surface area contributed by atoms with Crippen LogP contribution in [0.5, 0.6) is 11.5 Å². The lowest BCUT2D eigenvalue weighted by Gasteiger charge is -2.34. The molecule has 2 fully saturated rings. The number of nitrogens with zero attached hydrogens (tertiary/aromatic N) is 3. The van der Waals surface area contributed by atoms with Crippen molar-refractivity contribution in [3.05, 3.63) is 52.8 Å². The van der Waals surface area contributed by atoms with Crippen molar-refractivity contribution in [2.24, 2.45) is 5.92 Å². The second-order valence-corrected chi connectivity index (χ2v) is 9.49. The number of hydrogen-bond acceptors (Lipinski definition) is 5. The maximum atomic E-state index is 13.3. The Kier molecular flexibility index (Phi) is 5.96. The van der Waals surface area contributed by atoms with Gasteiger partial charge in [-0.3, -0.25) is 14.6 Å². The smallest absolute Gasteiger partial charge is 0.255 e. The summed E-state index contributed by atoms with van der Waals surface area (Å²) in [4.78, 5) is 35.1. The molecule has 4 heterocycles. The molecule has 7 nitrogen and oxygen atoms in total. The van der Waals surface area contributed by atoms with Crippen LogP contribution in [0.2, 0.25) is 0 Å². The van der Waals surface area contributed by atoms with Crippen LogP contribution in [0, 0.1) is 12.8 Å². The van der Waals surface area contributed by atoms with E-state index in [1.165, 1.54) is 0 Å². The number of rotatable bonds is 3. The highest BCUT2D eigenvalue weighted by Crippen LogP contribution is 2.34. The summed E-state index contributed by atoms with van der Waals surface area (Å²) < 4.78 is 10.8. The predicted octanol–water partition coefficient (Wildman–Crippen LogP) is 4.01. The molecule has 0 unspecified atom stereocenters. The third kappa shape index (κ3) is 4.41. The molecule has 0 aliphatic carbocycles. The van der Waals surface area contributed by atoms with E-state index in [1.54, 1.807) is 18.2 Å². The Hall–Kier alpha value is -3.09. The Morgan fingerprint density at radius 2 is 1.55 bits per heavy atom. The first-order valence-electron chi connectivity index (χ1n) is 12.0. The van der Waals surface area contributed by atoms with E-state index in [9.17, 15) is 9.59 Å². The first kappa shape index (κ1) is 21.7. The summed E-state index contributed by atoms with van der Waals surface area (Å²) in [6.07, 6.45) is 3.70. The molecule has 0 bridgehead atoms. The zero-order chi connectivity index (χ0) is 22.9. The molecule has 0 N–H and O–H groups in total. The molecule has 5 rings (SSSR count). The van der Waals surface area contributed by atoms with Gasteiger partial charge in [0.25, 0.3) is 11.8 Å². The molecule has 3 aliphatic heterocycles. The molecule has 0 spiro atoms. The molecular weight excluding hydrogens is 418 g/mol. The van der Waals surface area contributed by atoms with Gasteiger partial charge in [0, 0.05) is 43.4 Å². The van der Waals surface area contributed by atoms with Crippen molar-refractivity contribution >= 4 is 11.8 Å². The molecule has 0 radical (unpaired) electrons. The van der Waals surface area contributed by atoms with Crippen molar-refractivity contribution in [1.29, 1.82) is 0 Å². The van der Waals surface area contributed by atoms with Crippen molar-refractivity contribution in [3.8, 4) is 11.5 Å². The van der Waals surface area contributed by atoms with Crippen LogP contribution >= 0.6 is 0 Å². The third-order valence-corrected chi connectivity index (χ3v) is 7.15. The minimum absolute atomic E-state index is 0.00249. The van der Waals surface area contributed by atoms with Crippen LogP contribution in [-0.2, 0) is 0 Å². The summed E-state index contributed by atoms with van der Waals surface area (Å²) in [6, 6.07) is 9.22. The number of carbonyl (C=O) groups is 2. The van der Waals surface area contributed by atoms with Crippen LogP contribution < -0.4 is 9.47 Å². The van der Waals surface area contributed by atoms with Gasteiger partial charge < -0.3 is 19.3 Å². The fourth-order valence-electron chi connectivity index (χ4n) is 5.02. The standard InChI is InChI=1S/C26H31N3O4/c1-17-7-11-29(12-8-17)26(31)21-5-3-18(2)27-24(21)19-9-13-28(14-10-19)25(30)20-4-6-22-23(15-20)33-16-32-22/h3-6,15,17,19H,7-14,16H2,1-2H3. The first-order valence-corrected chi connectivity index (χ1v) is 12.0. The Morgan fingerprint density at radius 3 is 2.30 bits per heavy atom. The van der Waals surface area contributed by atoms with Gasteiger partial charge in [0.05, 0.1) is 11.3 Å². The molecular formula is C26H31N3O4. The summed E-state index contributed by atoms with van der Waals surface area (Å²) in [5.41, 5.74) is 3.17. The van der Waals surface area contributed by atoms with Crippen molar-refractivity contribution in [3.63, 3.8) is 0 Å². The van der Waals surface area contributed by atoms with Gasteiger partial charge in [0.2, 0.25) is 6.79 Å². The number of aryl methyl sites for hydroxylation is 1. The van der Waals surface area contributed by atoms with Crippen LogP contribution in [-0.4, -0.2) is 59.6 Å². The van der Waals surface area contributed by atoms with E-state index in [0.717, 1.165) is 55.7 Å². The lowest BCUT2D eigenvalue weighted by atomic mass is 9.89. The molecule has 174 valence electrons. The van der Waals surface area contributed by atoms with E-state index >= 15 is 0 Å². The number of carbonyl (C=O) groups excluding carboxylic acids is 2. The molecule has 2 saturated heterocycles. The molecule has 2 aromatic rings. The van der Waals surface area contributed by atoms with Gasteiger partial charge in [-0.1, -0.05) is 6.92 Å². The molecule has 1 aromatic carbocycles. The van der Waals surface area contributed by atoms with Gasteiger partial charge in [-0.2, -0.15) is 0 Å². The van der Waals surface area contributed by atoms with Crippen LogP contribution in [0.3, 0.4) is 0 Å². The van der Waals surface area contributed by atoms with E-state index < -0.39 is 0 Å². The molecule has 3 aliphatic rings. The highest BCUT2D eigenvalue weighted by atomic mass is 16.7. The Balaban J connectivity index is 1.28. The SMILES string of the molecule is Cc1ccc(C(=O)N2CCC(C)CC2)c(C2CCN(C(=O)c3ccc4c(c3)OCO4)CC2)n1. The number of ether oxygens (including phenoxy) is 2. The van der Waals surface area contributed by atoms with Crippen molar-refractivity contribution in [2.45, 2.75) is 45.4 Å². The van der Waals surface area contributed by atoms with E-state index in [0.29, 0.717) is 36.1 Å². The number of benzene rings is 1. The average molecular weight is 450 g/mol. The second-order valence-electron chi connectivity index (χ2n) is 9.49. The topological polar surface area (TPSA) is 72.0 Å². The monoisotopic (exact) mass is 449 g/mol. The summed E-state index contributed by atoms with van der Waals surface area (Å²) in [7, 11) is 0. The molecule has 0 saturated carbocycles. The number of hydrogen-bond donors (Lipinski definition) is 0. The number of fused-ring (bicyclic) bond motifs is 1. The normalized spacial score (nSPS) is 19.1. The molecule has 0 atom stereocenters. The van der Waals surface area contributed by atoms with Crippen LogP contribution in [0.4, 0.5) is 0 Å². The molecule has 1 aromatic heterocycles. The fraction of sp³-hybridized carbons (Fsp3) is 0.500. The molecule has 2 amide bonds. The van der Waals surface area contributed by atoms with Gasteiger partial charge in [-0.15, -0.1) is 0 Å².